The number of nitrogens with zero attached hydrogens (tertiary/aromatic N) is 2. The molecule has 0 N–H and O–H groups in total. The number of hydrogen-bond donors (Lipinski definition) is 0. The Balaban J connectivity index is 2.43. The fourth-order valence-electron chi connectivity index (χ4n) is 2.26. The molecule has 0 spiro atoms. The van der Waals surface area contributed by atoms with E-state index in [2.05, 4.69) is 5.10 Å². The lowest BCUT2D eigenvalue weighted by Crippen LogP contribution is -2.09. The van der Waals surface area contributed by atoms with Crippen LogP contribution in [0.25, 0.3) is 0 Å². The number of benzene rings is 1. The van der Waals surface area contributed by atoms with Crippen LogP contribution in [-0.4, -0.2) is 15.6 Å². The van der Waals surface area contributed by atoms with Crippen LogP contribution in [0.15, 0.2) is 18.2 Å². The Morgan fingerprint density at radius 3 is 2.40 bits per heavy atom. The molecule has 0 aliphatic rings. The van der Waals surface area contributed by atoms with E-state index in [1.54, 1.807) is 20.8 Å². The number of rotatable bonds is 4. The van der Waals surface area contributed by atoms with E-state index in [0.717, 1.165) is 0 Å². The molecule has 0 aliphatic carbocycles. The predicted octanol–water partition coefficient (Wildman–Crippen LogP) is 3.42. The van der Waals surface area contributed by atoms with Crippen molar-refractivity contribution < 1.29 is 13.6 Å². The van der Waals surface area contributed by atoms with Gasteiger partial charge in [-0.05, 0) is 26.0 Å². The van der Waals surface area contributed by atoms with Gasteiger partial charge in [0.05, 0.1) is 17.8 Å². The minimum Gasteiger partial charge on any atom is -0.294 e. The smallest absolute Gasteiger partial charge is 0.166 e. The van der Waals surface area contributed by atoms with E-state index in [0.29, 0.717) is 23.4 Å². The Morgan fingerprint density at radius 1 is 1.25 bits per heavy atom. The molecule has 0 amide bonds. The number of ketones is 1. The fourth-order valence-corrected chi connectivity index (χ4v) is 2.26. The lowest BCUT2D eigenvalue weighted by Gasteiger charge is -2.07. The van der Waals surface area contributed by atoms with Gasteiger partial charge in [-0.1, -0.05) is 13.0 Å². The second kappa shape index (κ2) is 5.53. The van der Waals surface area contributed by atoms with E-state index in [1.807, 2.05) is 0 Å². The molecule has 0 unspecified atom stereocenters. The molecule has 20 heavy (non-hydrogen) atoms. The summed E-state index contributed by atoms with van der Waals surface area (Å²) in [4.78, 5) is 11.9. The monoisotopic (exact) mass is 278 g/mol. The summed E-state index contributed by atoms with van der Waals surface area (Å²) < 4.78 is 28.8. The van der Waals surface area contributed by atoms with Gasteiger partial charge in [0, 0.05) is 17.7 Å². The molecule has 0 saturated heterocycles. The fraction of sp³-hybridized carbons (Fsp3) is 0.333. The van der Waals surface area contributed by atoms with Crippen LogP contribution < -0.4 is 0 Å². The van der Waals surface area contributed by atoms with Gasteiger partial charge in [0.25, 0.3) is 0 Å². The average Bonchev–Trinajstić information content (AvgIpc) is 2.68. The van der Waals surface area contributed by atoms with Gasteiger partial charge >= 0.3 is 0 Å². The quantitative estimate of drug-likeness (QED) is 0.803. The molecule has 0 saturated carbocycles. The molecule has 0 fully saturated rings. The Kier molecular flexibility index (Phi) is 3.97. The second-order valence-electron chi connectivity index (χ2n) is 4.68. The molecular formula is C15H16F2N2O. The summed E-state index contributed by atoms with van der Waals surface area (Å²) in [5.41, 5.74) is 1.72. The van der Waals surface area contributed by atoms with Crippen LogP contribution in [0.4, 0.5) is 8.78 Å². The van der Waals surface area contributed by atoms with Crippen molar-refractivity contribution in [3.8, 4) is 0 Å². The number of aromatic nitrogens is 2. The lowest BCUT2D eigenvalue weighted by atomic mass is 10.1. The first-order chi connectivity index (χ1) is 9.45. The maximum Gasteiger partial charge on any atom is 0.166 e. The normalized spacial score (nSPS) is 10.8. The zero-order valence-electron chi connectivity index (χ0n) is 11.7. The van der Waals surface area contributed by atoms with E-state index in [-0.39, 0.29) is 17.9 Å². The molecule has 3 nitrogen and oxygen atoms in total. The summed E-state index contributed by atoms with van der Waals surface area (Å²) in [6, 6.07) is 3.74. The molecule has 1 aromatic carbocycles. The van der Waals surface area contributed by atoms with Crippen LogP contribution in [0.5, 0.6) is 0 Å². The molecule has 0 radical (unpaired) electrons. The molecule has 1 aromatic heterocycles. The van der Waals surface area contributed by atoms with Gasteiger partial charge in [-0.3, -0.25) is 9.48 Å². The van der Waals surface area contributed by atoms with Crippen LogP contribution in [-0.2, 0) is 6.54 Å². The van der Waals surface area contributed by atoms with Gasteiger partial charge in [-0.15, -0.1) is 0 Å². The van der Waals surface area contributed by atoms with E-state index in [4.69, 9.17) is 0 Å². The van der Waals surface area contributed by atoms with Crippen LogP contribution in [0.3, 0.4) is 0 Å². The van der Waals surface area contributed by atoms with Crippen LogP contribution in [0.2, 0.25) is 0 Å². The maximum atomic E-state index is 13.7. The van der Waals surface area contributed by atoms with Gasteiger partial charge in [0.15, 0.2) is 5.78 Å². The van der Waals surface area contributed by atoms with Crippen LogP contribution in [0.1, 0.15) is 40.7 Å². The molecule has 1 heterocycles. The van der Waals surface area contributed by atoms with Crippen LogP contribution in [0, 0.1) is 25.5 Å². The number of Topliss-reactive ketones (excluding diaryl/α,β-unsaturated/α-hetero) is 1. The van der Waals surface area contributed by atoms with Gasteiger partial charge in [0.1, 0.15) is 11.6 Å². The molecule has 2 aromatic rings. The minimum absolute atomic E-state index is 0.0137. The molecule has 2 rings (SSSR count). The topological polar surface area (TPSA) is 34.9 Å². The van der Waals surface area contributed by atoms with Crippen molar-refractivity contribution in [3.05, 3.63) is 52.3 Å². The first-order valence-electron chi connectivity index (χ1n) is 6.45. The van der Waals surface area contributed by atoms with Gasteiger partial charge < -0.3 is 0 Å². The zero-order valence-corrected chi connectivity index (χ0v) is 11.7. The molecule has 0 bridgehead atoms. The van der Waals surface area contributed by atoms with Crippen molar-refractivity contribution >= 4 is 5.78 Å². The summed E-state index contributed by atoms with van der Waals surface area (Å²) in [6.07, 6.45) is 0.376. The highest BCUT2D eigenvalue weighted by atomic mass is 19.1. The molecular weight excluding hydrogens is 262 g/mol. The summed E-state index contributed by atoms with van der Waals surface area (Å²) >= 11 is 0. The summed E-state index contributed by atoms with van der Waals surface area (Å²) in [5.74, 6) is -1.23. The summed E-state index contributed by atoms with van der Waals surface area (Å²) in [7, 11) is 0. The number of carbonyl (C=O) groups is 1. The summed E-state index contributed by atoms with van der Waals surface area (Å²) in [6.45, 7) is 5.21. The van der Waals surface area contributed by atoms with Gasteiger partial charge in [0.2, 0.25) is 0 Å². The number of halogens is 2. The standard InChI is InChI=1S/C15H16F2N2O/c1-4-14(20)15-9(2)18-19(10(15)3)8-11-12(16)6-5-7-13(11)17/h5-7H,4,8H2,1-3H3. The largest absolute Gasteiger partial charge is 0.294 e. The highest BCUT2D eigenvalue weighted by molar-refractivity contribution is 5.97. The predicted molar refractivity (Wildman–Crippen MR) is 71.8 cm³/mol. The minimum atomic E-state index is -0.610. The van der Waals surface area contributed by atoms with E-state index >= 15 is 0 Å². The highest BCUT2D eigenvalue weighted by Crippen LogP contribution is 2.19. The van der Waals surface area contributed by atoms with Crippen molar-refractivity contribution in [2.24, 2.45) is 0 Å². The second-order valence-corrected chi connectivity index (χ2v) is 4.68. The van der Waals surface area contributed by atoms with Crippen molar-refractivity contribution in [1.29, 1.82) is 0 Å². The average molecular weight is 278 g/mol. The first kappa shape index (κ1) is 14.4. The van der Waals surface area contributed by atoms with Crippen molar-refractivity contribution in [2.75, 3.05) is 0 Å². The molecule has 106 valence electrons. The van der Waals surface area contributed by atoms with E-state index < -0.39 is 11.6 Å². The third-order valence-corrected chi connectivity index (χ3v) is 3.35. The number of hydrogen-bond acceptors (Lipinski definition) is 2. The summed E-state index contributed by atoms with van der Waals surface area (Å²) in [5, 5.41) is 4.22. The van der Waals surface area contributed by atoms with Crippen molar-refractivity contribution in [3.63, 3.8) is 0 Å². The maximum absolute atomic E-state index is 13.7. The molecule has 5 heteroatoms. The van der Waals surface area contributed by atoms with Crippen molar-refractivity contribution in [1.82, 2.24) is 9.78 Å². The third-order valence-electron chi connectivity index (χ3n) is 3.35. The Morgan fingerprint density at radius 2 is 1.85 bits per heavy atom. The van der Waals surface area contributed by atoms with E-state index in [1.165, 1.54) is 22.9 Å². The lowest BCUT2D eigenvalue weighted by molar-refractivity contribution is 0.0987. The van der Waals surface area contributed by atoms with Crippen LogP contribution >= 0.6 is 0 Å². The zero-order chi connectivity index (χ0) is 14.9. The first-order valence-corrected chi connectivity index (χ1v) is 6.45. The Bertz CT molecular complexity index is 642. The SMILES string of the molecule is CCC(=O)c1c(C)nn(Cc2c(F)cccc2F)c1C. The third kappa shape index (κ3) is 2.48. The number of carbonyl (C=O) groups excluding carboxylic acids is 1. The van der Waals surface area contributed by atoms with Gasteiger partial charge in [-0.25, -0.2) is 8.78 Å². The Labute approximate surface area is 116 Å². The highest BCUT2D eigenvalue weighted by Gasteiger charge is 2.18. The molecule has 0 atom stereocenters. The van der Waals surface area contributed by atoms with E-state index in [9.17, 15) is 13.6 Å². The molecule has 0 aliphatic heterocycles. The van der Waals surface area contributed by atoms with Crippen molar-refractivity contribution in [2.45, 2.75) is 33.7 Å². The van der Waals surface area contributed by atoms with Gasteiger partial charge in [-0.2, -0.15) is 5.10 Å². The Hall–Kier alpha value is -2.04. The number of aryl methyl sites for hydroxylation is 1.